The third-order valence-electron chi connectivity index (χ3n) is 13.5. The number of aliphatic imine (C=N–C) groups is 1. The maximum absolute atomic E-state index is 15.3. The van der Waals surface area contributed by atoms with Gasteiger partial charge in [-0.15, -0.1) is 21.5 Å². The second-order valence-electron chi connectivity index (χ2n) is 17.5. The Hall–Kier alpha value is -5.92. The van der Waals surface area contributed by atoms with E-state index in [9.17, 15) is 9.50 Å². The van der Waals surface area contributed by atoms with Gasteiger partial charge in [-0.1, -0.05) is 24.3 Å². The van der Waals surface area contributed by atoms with Crippen molar-refractivity contribution in [2.45, 2.75) is 66.0 Å². The summed E-state index contributed by atoms with van der Waals surface area (Å²) in [6.45, 7) is 15.6. The van der Waals surface area contributed by atoms with Crippen LogP contribution in [0.4, 0.5) is 18.9 Å². The van der Waals surface area contributed by atoms with E-state index >= 15 is 8.78 Å². The number of halogens is 3. The maximum atomic E-state index is 15.3. The number of likely N-dealkylation sites (tertiary alicyclic amines) is 1. The Morgan fingerprint density at radius 1 is 0.873 bits per heavy atom. The van der Waals surface area contributed by atoms with Crippen LogP contribution in [0, 0.1) is 43.6 Å². The van der Waals surface area contributed by atoms with Crippen LogP contribution in [0.2, 0.25) is 0 Å². The number of aromatic hydroxyl groups is 1. The summed E-state index contributed by atoms with van der Waals surface area (Å²) >= 11 is 1.78. The first-order valence-electron chi connectivity index (χ1n) is 21.6. The summed E-state index contributed by atoms with van der Waals surface area (Å²) in [6, 6.07) is 22.2. The van der Waals surface area contributed by atoms with Crippen LogP contribution >= 0.6 is 11.3 Å². The fourth-order valence-corrected chi connectivity index (χ4v) is 11.3. The number of phenolic OH excluding ortho intramolecular Hbond substituents is 1. The number of piperidine rings is 1. The van der Waals surface area contributed by atoms with Crippen molar-refractivity contribution in [3.05, 3.63) is 146 Å². The average Bonchev–Trinajstić information content (AvgIpc) is 3.92. The molecule has 3 atom stereocenters. The minimum absolute atomic E-state index is 0.00892. The Bertz CT molecular complexity index is 2790. The molecule has 4 aromatic carbocycles. The fraction of sp³-hybridized carbons (Fsp3) is 0.340. The number of phenols is 1. The predicted molar refractivity (Wildman–Crippen MR) is 241 cm³/mol. The number of thiophene rings is 1. The standard InChI is InChI=1S/C50H49F3N6O3S/c1-28-31(4)63-49-44(28)46(54-30(3)48-56-55-32(5)59(48)49)33-7-11-36(12-8-33)58-20-18-50(27-58)17-6-19-57(26-50)21-22-61-38-14-9-34(10-15-38)47-43(45-40(52)23-35(51)24-41(45)53)29(2)39-25-37(60)13-16-42(39)62-47/h7-16,23-25,30,47,60H,6,17-22,26-27H2,1-5H3/t30-,47-,50+/m0/s1. The molecule has 0 bridgehead atoms. The van der Waals surface area contributed by atoms with Gasteiger partial charge in [0.15, 0.2) is 5.82 Å². The molecular weight excluding hydrogens is 822 g/mol. The van der Waals surface area contributed by atoms with Crippen LogP contribution in [0.25, 0.3) is 16.1 Å². The molecule has 2 saturated heterocycles. The second kappa shape index (κ2) is 16.0. The summed E-state index contributed by atoms with van der Waals surface area (Å²) in [5.74, 6) is -0.182. The van der Waals surface area contributed by atoms with Gasteiger partial charge in [0.05, 0.1) is 11.3 Å². The molecular formula is C50H49F3N6O3S. The molecule has 13 heteroatoms. The number of fused-ring (bicyclic) bond motifs is 4. The fourth-order valence-electron chi connectivity index (χ4n) is 10.1. The van der Waals surface area contributed by atoms with Gasteiger partial charge < -0.3 is 19.5 Å². The predicted octanol–water partition coefficient (Wildman–Crippen LogP) is 10.7. The van der Waals surface area contributed by atoms with Crippen molar-refractivity contribution in [1.82, 2.24) is 19.7 Å². The van der Waals surface area contributed by atoms with Gasteiger partial charge in [0.2, 0.25) is 0 Å². The van der Waals surface area contributed by atoms with Crippen LogP contribution in [0.3, 0.4) is 0 Å². The molecule has 1 spiro atoms. The number of rotatable bonds is 8. The number of allylic oxidation sites excluding steroid dienone is 1. The quantitative estimate of drug-likeness (QED) is 0.163. The first-order valence-corrected chi connectivity index (χ1v) is 22.4. The molecule has 0 saturated carbocycles. The smallest absolute Gasteiger partial charge is 0.162 e. The monoisotopic (exact) mass is 870 g/mol. The number of hydrogen-bond acceptors (Lipinski definition) is 9. The molecule has 2 fully saturated rings. The lowest BCUT2D eigenvalue weighted by Gasteiger charge is -2.40. The van der Waals surface area contributed by atoms with E-state index in [0.717, 1.165) is 73.5 Å². The molecule has 6 aromatic rings. The number of aryl methyl sites for hydroxylation is 2. The minimum Gasteiger partial charge on any atom is -0.508 e. The van der Waals surface area contributed by atoms with Gasteiger partial charge in [0, 0.05) is 76.6 Å². The van der Waals surface area contributed by atoms with Gasteiger partial charge in [-0.2, -0.15) is 0 Å². The third kappa shape index (κ3) is 7.38. The van der Waals surface area contributed by atoms with Crippen molar-refractivity contribution < 1.29 is 27.8 Å². The summed E-state index contributed by atoms with van der Waals surface area (Å²) < 4.78 is 59.3. The number of anilines is 1. The van der Waals surface area contributed by atoms with E-state index in [4.69, 9.17) is 14.5 Å². The van der Waals surface area contributed by atoms with Crippen LogP contribution in [0.5, 0.6) is 17.2 Å². The first-order chi connectivity index (χ1) is 30.4. The summed E-state index contributed by atoms with van der Waals surface area (Å²) in [6.07, 6.45) is 2.59. The zero-order valence-corrected chi connectivity index (χ0v) is 36.8. The highest BCUT2D eigenvalue weighted by Gasteiger charge is 2.41. The van der Waals surface area contributed by atoms with Crippen LogP contribution in [-0.4, -0.2) is 69.8 Å². The lowest BCUT2D eigenvalue weighted by atomic mass is 9.79. The Morgan fingerprint density at radius 2 is 1.63 bits per heavy atom. The van der Waals surface area contributed by atoms with E-state index in [0.29, 0.717) is 46.9 Å². The Morgan fingerprint density at radius 3 is 2.40 bits per heavy atom. The first kappa shape index (κ1) is 41.1. The minimum atomic E-state index is -1.03. The second-order valence-corrected chi connectivity index (χ2v) is 18.7. The lowest BCUT2D eigenvalue weighted by molar-refractivity contribution is 0.0913. The maximum Gasteiger partial charge on any atom is 0.162 e. The van der Waals surface area contributed by atoms with E-state index in [-0.39, 0.29) is 28.3 Å². The molecule has 0 aliphatic carbocycles. The number of nitrogens with zero attached hydrogens (tertiary/aromatic N) is 6. The molecule has 0 unspecified atom stereocenters. The normalized spacial score (nSPS) is 20.9. The van der Waals surface area contributed by atoms with Gasteiger partial charge in [-0.25, -0.2) is 13.2 Å². The van der Waals surface area contributed by atoms with E-state index < -0.39 is 23.6 Å². The van der Waals surface area contributed by atoms with Gasteiger partial charge in [-0.3, -0.25) is 14.5 Å². The van der Waals surface area contributed by atoms with Gasteiger partial charge in [0.25, 0.3) is 0 Å². The van der Waals surface area contributed by atoms with Crippen LogP contribution in [-0.2, 0) is 0 Å². The summed E-state index contributed by atoms with van der Waals surface area (Å²) in [7, 11) is 0. The highest BCUT2D eigenvalue weighted by molar-refractivity contribution is 7.15. The SMILES string of the molecule is CC1=C(c2c(F)cc(F)cc2F)[C@H](c2ccc(OCCN3CCC[C@@]4(CCN(c5ccc(C6=N[C@@H](C)c7nnc(C)n7-c7sc(C)c(C)c76)cc5)C4)C3)cc2)Oc2ccc(O)cc21. The molecule has 63 heavy (non-hydrogen) atoms. The molecule has 324 valence electrons. The van der Waals surface area contributed by atoms with Crippen molar-refractivity contribution in [3.63, 3.8) is 0 Å². The number of aromatic nitrogens is 3. The van der Waals surface area contributed by atoms with Crippen molar-refractivity contribution in [1.29, 1.82) is 0 Å². The molecule has 0 amide bonds. The third-order valence-corrected chi connectivity index (χ3v) is 14.6. The topological polar surface area (TPSA) is 88.2 Å². The van der Waals surface area contributed by atoms with Crippen molar-refractivity contribution in [3.8, 4) is 22.2 Å². The summed E-state index contributed by atoms with van der Waals surface area (Å²) in [5.41, 5.74) is 7.53. The van der Waals surface area contributed by atoms with E-state index in [1.165, 1.54) is 40.2 Å². The molecule has 4 aliphatic rings. The molecule has 2 aromatic heterocycles. The summed E-state index contributed by atoms with van der Waals surface area (Å²) in [5, 5.41) is 20.2. The van der Waals surface area contributed by atoms with Crippen molar-refractivity contribution in [2.24, 2.45) is 10.4 Å². The van der Waals surface area contributed by atoms with E-state index in [1.54, 1.807) is 24.3 Å². The van der Waals surface area contributed by atoms with Gasteiger partial charge in [-0.05, 0) is 120 Å². The van der Waals surface area contributed by atoms with Gasteiger partial charge in [0.1, 0.15) is 64.3 Å². The van der Waals surface area contributed by atoms with Crippen LogP contribution in [0.15, 0.2) is 83.9 Å². The molecule has 1 N–H and O–H groups in total. The summed E-state index contributed by atoms with van der Waals surface area (Å²) in [4.78, 5) is 11.6. The molecule has 6 heterocycles. The van der Waals surface area contributed by atoms with Crippen LogP contribution in [0.1, 0.15) is 95.2 Å². The molecule has 4 aliphatic heterocycles. The zero-order valence-electron chi connectivity index (χ0n) is 36.0. The Balaban J connectivity index is 0.789. The highest BCUT2D eigenvalue weighted by Crippen LogP contribution is 2.49. The largest absolute Gasteiger partial charge is 0.508 e. The average molecular weight is 871 g/mol. The number of hydrogen-bond donors (Lipinski definition) is 1. The lowest BCUT2D eigenvalue weighted by Crippen LogP contribution is -2.46. The van der Waals surface area contributed by atoms with E-state index in [2.05, 4.69) is 69.6 Å². The van der Waals surface area contributed by atoms with E-state index in [1.807, 2.05) is 31.2 Å². The number of ether oxygens (including phenoxy) is 2. The Labute approximate surface area is 369 Å². The Kier molecular flexibility index (Phi) is 10.4. The number of benzene rings is 4. The van der Waals surface area contributed by atoms with Crippen molar-refractivity contribution >= 4 is 33.9 Å². The van der Waals surface area contributed by atoms with Crippen LogP contribution < -0.4 is 14.4 Å². The molecule has 9 nitrogen and oxygen atoms in total. The highest BCUT2D eigenvalue weighted by atomic mass is 32.1. The van der Waals surface area contributed by atoms with Gasteiger partial charge >= 0.3 is 0 Å². The zero-order chi connectivity index (χ0) is 43.7. The molecule has 10 rings (SSSR count). The molecule has 0 radical (unpaired) electrons. The van der Waals surface area contributed by atoms with Crippen molar-refractivity contribution in [2.75, 3.05) is 44.2 Å².